The summed E-state index contributed by atoms with van der Waals surface area (Å²) in [5, 5.41) is 19.7. The number of rotatable bonds is 3. The maximum absolute atomic E-state index is 13.3. The standard InChI is InChI=1S/C22H12F2O5/c23-13-5-1-11(2-6-13)18(26)17-19(27)15-9-10-16(25)20(28)22(15)29-21(17)12-3-7-14(24)8-4-12/h1-10,25,28H. The first-order chi connectivity index (χ1) is 13.9. The molecule has 3 aromatic carbocycles. The zero-order valence-electron chi connectivity index (χ0n) is 14.6. The second-order valence-electron chi connectivity index (χ2n) is 6.29. The molecular formula is C22H12F2O5. The fourth-order valence-electron chi connectivity index (χ4n) is 2.99. The Balaban J connectivity index is 2.07. The topological polar surface area (TPSA) is 87.7 Å². The van der Waals surface area contributed by atoms with Crippen LogP contribution in [0.4, 0.5) is 8.78 Å². The van der Waals surface area contributed by atoms with Gasteiger partial charge in [-0.1, -0.05) is 0 Å². The van der Waals surface area contributed by atoms with Crippen molar-refractivity contribution in [1.29, 1.82) is 0 Å². The largest absolute Gasteiger partial charge is 0.504 e. The molecule has 0 saturated carbocycles. The maximum atomic E-state index is 13.3. The van der Waals surface area contributed by atoms with Gasteiger partial charge < -0.3 is 14.6 Å². The lowest BCUT2D eigenvalue weighted by molar-refractivity contribution is 0.103. The molecule has 144 valence electrons. The molecule has 2 N–H and O–H groups in total. The highest BCUT2D eigenvalue weighted by molar-refractivity contribution is 6.13. The van der Waals surface area contributed by atoms with E-state index in [0.29, 0.717) is 0 Å². The normalized spacial score (nSPS) is 11.0. The summed E-state index contributed by atoms with van der Waals surface area (Å²) >= 11 is 0. The van der Waals surface area contributed by atoms with Crippen LogP contribution in [0.3, 0.4) is 0 Å². The van der Waals surface area contributed by atoms with E-state index in [1.54, 1.807) is 0 Å². The zero-order valence-corrected chi connectivity index (χ0v) is 14.6. The van der Waals surface area contributed by atoms with E-state index >= 15 is 0 Å². The van der Waals surface area contributed by atoms with Gasteiger partial charge in [0.15, 0.2) is 11.3 Å². The number of benzene rings is 3. The summed E-state index contributed by atoms with van der Waals surface area (Å²) in [5.41, 5.74) is -1.18. The first-order valence-corrected chi connectivity index (χ1v) is 8.45. The van der Waals surface area contributed by atoms with Gasteiger partial charge in [-0.25, -0.2) is 8.78 Å². The fourth-order valence-corrected chi connectivity index (χ4v) is 2.99. The minimum absolute atomic E-state index is 0.0458. The van der Waals surface area contributed by atoms with Crippen molar-refractivity contribution >= 4 is 16.8 Å². The van der Waals surface area contributed by atoms with Crippen LogP contribution in [-0.2, 0) is 0 Å². The van der Waals surface area contributed by atoms with Gasteiger partial charge in [0.2, 0.25) is 17.0 Å². The van der Waals surface area contributed by atoms with Gasteiger partial charge >= 0.3 is 0 Å². The van der Waals surface area contributed by atoms with E-state index in [4.69, 9.17) is 4.42 Å². The van der Waals surface area contributed by atoms with E-state index in [0.717, 1.165) is 30.3 Å². The molecule has 0 fully saturated rings. The molecule has 0 radical (unpaired) electrons. The summed E-state index contributed by atoms with van der Waals surface area (Å²) < 4.78 is 32.2. The lowest BCUT2D eigenvalue weighted by Gasteiger charge is -2.11. The second-order valence-corrected chi connectivity index (χ2v) is 6.29. The SMILES string of the molecule is O=C(c1ccc(F)cc1)c1c(-c2ccc(F)cc2)oc2c(O)c(O)ccc2c1=O. The Labute approximate surface area is 162 Å². The van der Waals surface area contributed by atoms with Crippen LogP contribution >= 0.6 is 0 Å². The summed E-state index contributed by atoms with van der Waals surface area (Å²) in [6.07, 6.45) is 0. The Kier molecular flexibility index (Phi) is 4.35. The minimum atomic E-state index is -0.754. The highest BCUT2D eigenvalue weighted by Crippen LogP contribution is 2.36. The molecule has 7 heteroatoms. The molecule has 1 aromatic heterocycles. The molecule has 4 aromatic rings. The molecule has 0 spiro atoms. The summed E-state index contributed by atoms with van der Waals surface area (Å²) in [7, 11) is 0. The Morgan fingerprint density at radius 3 is 2.03 bits per heavy atom. The van der Waals surface area contributed by atoms with E-state index < -0.39 is 34.3 Å². The number of aromatic hydroxyl groups is 2. The number of hydrogen-bond acceptors (Lipinski definition) is 5. The smallest absolute Gasteiger partial charge is 0.204 e. The Hall–Kier alpha value is -4.00. The zero-order chi connectivity index (χ0) is 20.7. The molecule has 1 heterocycles. The summed E-state index contributed by atoms with van der Waals surface area (Å²) in [5.74, 6) is -3.20. The third-order valence-corrected chi connectivity index (χ3v) is 4.45. The van der Waals surface area contributed by atoms with Crippen LogP contribution in [0.25, 0.3) is 22.3 Å². The monoisotopic (exact) mass is 394 g/mol. The van der Waals surface area contributed by atoms with Gasteiger partial charge in [0.05, 0.1) is 5.39 Å². The Bertz CT molecular complexity index is 1310. The van der Waals surface area contributed by atoms with E-state index in [1.807, 2.05) is 0 Å². The molecule has 0 aliphatic carbocycles. The molecule has 0 aliphatic rings. The molecule has 0 aliphatic heterocycles. The lowest BCUT2D eigenvalue weighted by atomic mass is 9.97. The molecule has 4 rings (SSSR count). The number of phenolic OH excluding ortho intramolecular Hbond substituents is 2. The summed E-state index contributed by atoms with van der Waals surface area (Å²) in [6.45, 7) is 0. The van der Waals surface area contributed by atoms with Crippen molar-refractivity contribution in [3.05, 3.63) is 93.6 Å². The van der Waals surface area contributed by atoms with Gasteiger partial charge in [-0.3, -0.25) is 9.59 Å². The van der Waals surface area contributed by atoms with Gasteiger partial charge in [0.25, 0.3) is 0 Å². The Morgan fingerprint density at radius 1 is 0.828 bits per heavy atom. The van der Waals surface area contributed by atoms with Crippen molar-refractivity contribution in [3.8, 4) is 22.8 Å². The summed E-state index contributed by atoms with van der Waals surface area (Å²) in [6, 6.07) is 11.8. The number of carbonyl (C=O) groups excluding carboxylic acids is 1. The van der Waals surface area contributed by atoms with Gasteiger partial charge in [0.1, 0.15) is 23.0 Å². The van der Waals surface area contributed by atoms with Crippen LogP contribution in [0, 0.1) is 11.6 Å². The Morgan fingerprint density at radius 2 is 1.41 bits per heavy atom. The first-order valence-electron chi connectivity index (χ1n) is 8.45. The van der Waals surface area contributed by atoms with Crippen molar-refractivity contribution in [3.63, 3.8) is 0 Å². The molecule has 0 amide bonds. The molecule has 0 atom stereocenters. The highest BCUT2D eigenvalue weighted by Gasteiger charge is 2.25. The predicted octanol–water partition coefficient (Wildman–Crippen LogP) is 4.38. The number of ketones is 1. The van der Waals surface area contributed by atoms with Crippen molar-refractivity contribution < 1.29 is 28.2 Å². The average Bonchev–Trinajstić information content (AvgIpc) is 2.71. The first kappa shape index (κ1) is 18.4. The number of phenols is 2. The van der Waals surface area contributed by atoms with Crippen LogP contribution in [-0.4, -0.2) is 16.0 Å². The average molecular weight is 394 g/mol. The van der Waals surface area contributed by atoms with Crippen LogP contribution in [0.15, 0.2) is 69.9 Å². The molecular weight excluding hydrogens is 382 g/mol. The molecule has 5 nitrogen and oxygen atoms in total. The summed E-state index contributed by atoms with van der Waals surface area (Å²) in [4.78, 5) is 26.2. The minimum Gasteiger partial charge on any atom is -0.504 e. The third-order valence-electron chi connectivity index (χ3n) is 4.45. The molecule has 0 bridgehead atoms. The molecule has 29 heavy (non-hydrogen) atoms. The fraction of sp³-hybridized carbons (Fsp3) is 0. The van der Waals surface area contributed by atoms with Crippen molar-refractivity contribution in [2.45, 2.75) is 0 Å². The van der Waals surface area contributed by atoms with Crippen molar-refractivity contribution in [2.75, 3.05) is 0 Å². The van der Waals surface area contributed by atoms with E-state index in [1.165, 1.54) is 30.3 Å². The van der Waals surface area contributed by atoms with Crippen LogP contribution in [0.2, 0.25) is 0 Å². The maximum Gasteiger partial charge on any atom is 0.204 e. The second kappa shape index (κ2) is 6.87. The van der Waals surface area contributed by atoms with Crippen molar-refractivity contribution in [1.82, 2.24) is 0 Å². The van der Waals surface area contributed by atoms with E-state index in [9.17, 15) is 28.6 Å². The van der Waals surface area contributed by atoms with Gasteiger partial charge in [0, 0.05) is 11.1 Å². The number of halogens is 2. The van der Waals surface area contributed by atoms with Crippen LogP contribution in [0.1, 0.15) is 15.9 Å². The van der Waals surface area contributed by atoms with Gasteiger partial charge in [-0.2, -0.15) is 0 Å². The highest BCUT2D eigenvalue weighted by atomic mass is 19.1. The van der Waals surface area contributed by atoms with Crippen molar-refractivity contribution in [2.24, 2.45) is 0 Å². The lowest BCUT2D eigenvalue weighted by Crippen LogP contribution is -2.18. The number of fused-ring (bicyclic) bond motifs is 1. The van der Waals surface area contributed by atoms with Gasteiger partial charge in [-0.15, -0.1) is 0 Å². The van der Waals surface area contributed by atoms with E-state index in [-0.39, 0.29) is 33.4 Å². The van der Waals surface area contributed by atoms with Crippen LogP contribution < -0.4 is 5.43 Å². The third kappa shape index (κ3) is 3.12. The van der Waals surface area contributed by atoms with Crippen LogP contribution in [0.5, 0.6) is 11.5 Å². The molecule has 0 saturated heterocycles. The predicted molar refractivity (Wildman–Crippen MR) is 101 cm³/mol. The van der Waals surface area contributed by atoms with E-state index in [2.05, 4.69) is 0 Å². The molecule has 0 unspecified atom stereocenters. The quantitative estimate of drug-likeness (QED) is 0.398. The number of hydrogen-bond donors (Lipinski definition) is 2. The number of carbonyl (C=O) groups is 1. The van der Waals surface area contributed by atoms with Gasteiger partial charge in [-0.05, 0) is 60.7 Å².